The number of unbranched alkanes of at least 4 members (excludes halogenated alkanes) is 1. The molecular formula is C36H38O2SSi. The summed E-state index contributed by atoms with van der Waals surface area (Å²) in [6.07, 6.45) is 9.66. The maximum Gasteiger partial charge on any atom is 0.157 e. The van der Waals surface area contributed by atoms with Crippen molar-refractivity contribution in [3.8, 4) is 0 Å². The van der Waals surface area contributed by atoms with Gasteiger partial charge in [-0.2, -0.15) is 0 Å². The lowest BCUT2D eigenvalue weighted by Crippen LogP contribution is -2.71. The second kappa shape index (κ2) is 14.7. The van der Waals surface area contributed by atoms with Gasteiger partial charge in [-0.15, -0.1) is 6.58 Å². The lowest BCUT2D eigenvalue weighted by atomic mass is 10.1. The highest BCUT2D eigenvalue weighted by atomic mass is 32.2. The second-order valence-electron chi connectivity index (χ2n) is 10.0. The third-order valence-electron chi connectivity index (χ3n) is 7.43. The highest BCUT2D eigenvalue weighted by Gasteiger charge is 2.47. The van der Waals surface area contributed by atoms with Crippen molar-refractivity contribution in [1.82, 2.24) is 0 Å². The van der Waals surface area contributed by atoms with Gasteiger partial charge in [0.2, 0.25) is 0 Å². The Morgan fingerprint density at radius 1 is 0.775 bits per heavy atom. The minimum atomic E-state index is -2.68. The number of hydrogen-bond acceptors (Lipinski definition) is 2. The monoisotopic (exact) mass is 562 g/mol. The number of aliphatic hydroxyl groups is 1. The zero-order valence-electron chi connectivity index (χ0n) is 23.1. The number of aryl methyl sites for hydroxylation is 1. The van der Waals surface area contributed by atoms with E-state index in [2.05, 4.69) is 104 Å². The molecule has 0 fully saturated rings. The van der Waals surface area contributed by atoms with Crippen molar-refractivity contribution < 1.29 is 9.32 Å². The van der Waals surface area contributed by atoms with Crippen LogP contribution in [0, 0.1) is 6.92 Å². The molecular weight excluding hydrogens is 525 g/mol. The van der Waals surface area contributed by atoms with Crippen molar-refractivity contribution in [1.29, 1.82) is 0 Å². The minimum absolute atomic E-state index is 0.111. The maximum absolute atomic E-state index is 12.4. The number of benzene rings is 4. The van der Waals surface area contributed by atoms with E-state index < -0.39 is 25.0 Å². The summed E-state index contributed by atoms with van der Waals surface area (Å²) >= 11 is 0. The molecule has 40 heavy (non-hydrogen) atoms. The van der Waals surface area contributed by atoms with Crippen LogP contribution in [0.15, 0.2) is 156 Å². The third-order valence-corrected chi connectivity index (χ3v) is 13.9. The fraction of sp³-hybridized carbons (Fsp3) is 0.167. The number of aliphatic hydroxyl groups excluding tert-OH is 1. The van der Waals surface area contributed by atoms with Gasteiger partial charge in [0.05, 0.1) is 16.9 Å². The number of allylic oxidation sites excluding steroid dienone is 3. The molecule has 3 atom stereocenters. The summed E-state index contributed by atoms with van der Waals surface area (Å²) in [5, 5.41) is 17.2. The Hall–Kier alpha value is -3.57. The van der Waals surface area contributed by atoms with Crippen LogP contribution in [0.25, 0.3) is 0 Å². The van der Waals surface area contributed by atoms with E-state index in [1.165, 1.54) is 15.6 Å². The van der Waals surface area contributed by atoms with Crippen molar-refractivity contribution in [3.05, 3.63) is 157 Å². The van der Waals surface area contributed by atoms with E-state index >= 15 is 0 Å². The molecule has 0 radical (unpaired) electrons. The topological polar surface area (TPSA) is 37.3 Å². The predicted octanol–water partition coefficient (Wildman–Crippen LogP) is 6.43. The Morgan fingerprint density at radius 2 is 1.27 bits per heavy atom. The van der Waals surface area contributed by atoms with Crippen LogP contribution in [0.2, 0.25) is 5.54 Å². The fourth-order valence-corrected chi connectivity index (χ4v) is 11.7. The zero-order chi connectivity index (χ0) is 28.2. The Balaban J connectivity index is 1.51. The standard InChI is InChI=1S/C36H38O2SSi/c1-3-36(35(37)24-16-5-4-6-17-29-39(38)31-27-25-30(2)26-28-31)40(32-18-10-7-11-19-32,33-20-12-8-13-21-33)34-22-14-9-15-23-34/h3-4,6-15,17-23,25-29,35-37H,1,5,16,24H2,2H3/b6-4+,29-17+/t35-,36+,39-/m1/s1. The molecule has 2 nitrogen and oxygen atoms in total. The van der Waals surface area contributed by atoms with Gasteiger partial charge >= 0.3 is 0 Å². The molecule has 0 saturated heterocycles. The molecule has 4 heteroatoms. The van der Waals surface area contributed by atoms with Crippen molar-refractivity contribution >= 4 is 34.4 Å². The van der Waals surface area contributed by atoms with Gasteiger partial charge < -0.3 is 5.11 Å². The van der Waals surface area contributed by atoms with Gasteiger partial charge in [-0.05, 0) is 53.9 Å². The van der Waals surface area contributed by atoms with E-state index in [1.807, 2.05) is 49.4 Å². The molecule has 0 aliphatic carbocycles. The Morgan fingerprint density at radius 3 is 1.75 bits per heavy atom. The average molecular weight is 563 g/mol. The molecule has 0 heterocycles. The first kappa shape index (κ1) is 29.4. The average Bonchev–Trinajstić information content (AvgIpc) is 3.00. The quantitative estimate of drug-likeness (QED) is 0.0670. The zero-order valence-corrected chi connectivity index (χ0v) is 24.9. The SMILES string of the molecule is C=C[C@@H]([C@H](O)CCC/C=C/C=C/[S@@](=O)c1ccc(C)cc1)[Si](c1ccccc1)(c1ccccc1)c1ccccc1. The van der Waals surface area contributed by atoms with Crippen LogP contribution in [0.5, 0.6) is 0 Å². The van der Waals surface area contributed by atoms with Gasteiger partial charge in [0.15, 0.2) is 8.07 Å². The first-order valence-corrected chi connectivity index (χ1v) is 17.1. The Kier molecular flexibility index (Phi) is 10.8. The molecule has 4 rings (SSSR count). The van der Waals surface area contributed by atoms with Gasteiger partial charge in [0.1, 0.15) is 0 Å². The van der Waals surface area contributed by atoms with Crippen LogP contribution in [0.1, 0.15) is 24.8 Å². The molecule has 4 aromatic rings. The summed E-state index contributed by atoms with van der Waals surface area (Å²) in [7, 11) is -3.83. The summed E-state index contributed by atoms with van der Waals surface area (Å²) in [5.41, 5.74) is 1.04. The van der Waals surface area contributed by atoms with Gasteiger partial charge in [0, 0.05) is 15.8 Å². The lowest BCUT2D eigenvalue weighted by Gasteiger charge is -2.41. The molecule has 0 saturated carbocycles. The smallest absolute Gasteiger partial charge is 0.157 e. The van der Waals surface area contributed by atoms with Crippen LogP contribution in [-0.4, -0.2) is 23.5 Å². The summed E-state index contributed by atoms with van der Waals surface area (Å²) in [6.45, 7) is 6.28. The van der Waals surface area contributed by atoms with E-state index in [0.29, 0.717) is 6.42 Å². The fourth-order valence-electron chi connectivity index (χ4n) is 5.47. The molecule has 0 unspecified atom stereocenters. The van der Waals surface area contributed by atoms with Crippen LogP contribution in [0.3, 0.4) is 0 Å². The molecule has 0 bridgehead atoms. The van der Waals surface area contributed by atoms with Crippen LogP contribution in [-0.2, 0) is 10.8 Å². The molecule has 0 aromatic heterocycles. The number of rotatable bonds is 13. The number of hydrogen-bond donors (Lipinski definition) is 1. The second-order valence-corrected chi connectivity index (χ2v) is 15.4. The van der Waals surface area contributed by atoms with Crippen LogP contribution >= 0.6 is 0 Å². The molecule has 0 spiro atoms. The van der Waals surface area contributed by atoms with E-state index in [-0.39, 0.29) is 5.54 Å². The van der Waals surface area contributed by atoms with E-state index in [9.17, 15) is 9.32 Å². The molecule has 0 amide bonds. The molecule has 0 aliphatic rings. The van der Waals surface area contributed by atoms with E-state index in [1.54, 1.807) is 5.41 Å². The molecule has 0 aliphatic heterocycles. The minimum Gasteiger partial charge on any atom is -0.393 e. The first-order chi connectivity index (χ1) is 19.6. The van der Waals surface area contributed by atoms with Crippen molar-refractivity contribution in [2.75, 3.05) is 0 Å². The Bertz CT molecular complexity index is 1320. The lowest BCUT2D eigenvalue weighted by molar-refractivity contribution is 0.164. The summed E-state index contributed by atoms with van der Waals surface area (Å²) in [6, 6.07) is 39.8. The molecule has 1 N–H and O–H groups in total. The maximum atomic E-state index is 12.4. The normalized spacial score (nSPS) is 14.2. The summed E-state index contributed by atoms with van der Waals surface area (Å²) in [4.78, 5) is 0.803. The van der Waals surface area contributed by atoms with E-state index in [4.69, 9.17) is 0 Å². The van der Waals surface area contributed by atoms with E-state index in [0.717, 1.165) is 23.3 Å². The van der Waals surface area contributed by atoms with Crippen molar-refractivity contribution in [3.63, 3.8) is 0 Å². The third kappa shape index (κ3) is 6.94. The van der Waals surface area contributed by atoms with Gasteiger partial charge in [0.25, 0.3) is 0 Å². The van der Waals surface area contributed by atoms with Crippen molar-refractivity contribution in [2.45, 2.75) is 42.7 Å². The Labute approximate surface area is 242 Å². The van der Waals surface area contributed by atoms with Gasteiger partial charge in [-0.1, -0.05) is 133 Å². The van der Waals surface area contributed by atoms with Crippen LogP contribution in [0.4, 0.5) is 0 Å². The van der Waals surface area contributed by atoms with Gasteiger partial charge in [-0.3, -0.25) is 0 Å². The largest absolute Gasteiger partial charge is 0.393 e. The van der Waals surface area contributed by atoms with Gasteiger partial charge in [-0.25, -0.2) is 4.21 Å². The predicted molar refractivity (Wildman–Crippen MR) is 174 cm³/mol. The molecule has 4 aromatic carbocycles. The van der Waals surface area contributed by atoms with Crippen molar-refractivity contribution in [2.24, 2.45) is 0 Å². The summed E-state index contributed by atoms with van der Waals surface area (Å²) < 4.78 is 12.4. The highest BCUT2D eigenvalue weighted by Crippen LogP contribution is 2.30. The first-order valence-electron chi connectivity index (χ1n) is 13.8. The highest BCUT2D eigenvalue weighted by molar-refractivity contribution is 7.88. The van der Waals surface area contributed by atoms with Crippen LogP contribution < -0.4 is 15.6 Å². The summed E-state index contributed by atoms with van der Waals surface area (Å²) in [5.74, 6) is 0. The molecule has 204 valence electrons.